The van der Waals surface area contributed by atoms with Gasteiger partial charge in [0, 0.05) is 17.9 Å². The molecule has 0 atom stereocenters. The van der Waals surface area contributed by atoms with Crippen molar-refractivity contribution in [1.82, 2.24) is 10.2 Å². The van der Waals surface area contributed by atoms with Crippen molar-refractivity contribution in [2.45, 2.75) is 18.9 Å². The van der Waals surface area contributed by atoms with Gasteiger partial charge in [-0.2, -0.15) is 31.4 Å². The average Bonchev–Trinajstić information content (AvgIpc) is 3.26. The highest BCUT2D eigenvalue weighted by atomic mass is 19.4. The zero-order valence-corrected chi connectivity index (χ0v) is 18.7. The van der Waals surface area contributed by atoms with Crippen molar-refractivity contribution in [3.8, 4) is 0 Å². The number of carbonyl (C=O) groups excluding carboxylic acids is 2. The van der Waals surface area contributed by atoms with Crippen molar-refractivity contribution < 1.29 is 50.2 Å². The first-order valence-corrected chi connectivity index (χ1v) is 9.98. The zero-order valence-electron chi connectivity index (χ0n) is 18.7. The van der Waals surface area contributed by atoms with Gasteiger partial charge < -0.3 is 26.8 Å². The van der Waals surface area contributed by atoms with E-state index in [0.29, 0.717) is 29.1 Å². The van der Waals surface area contributed by atoms with Crippen molar-refractivity contribution >= 4 is 35.0 Å². The molecule has 1 heterocycles. The molecule has 0 bridgehead atoms. The smallest absolute Gasteiger partial charge is 0.475 e. The maximum absolute atomic E-state index is 13.5. The standard InChI is InChI=1S/C19H16F4N6O2.C2HF3O2/c20-12-5-11(19(21,22)23)6-14(7-12)28-18(31)27-13-3-1-2-10(4-13)8-25-15-9-26-29-16(15)17(24)30;3-2(4,5)1(6)7/h1-7,9,25H,8H2,(H2,24,30)(H,26,29)(H2,27,28,31);(H,6,7). The third-order valence-corrected chi connectivity index (χ3v) is 4.28. The number of carbonyl (C=O) groups is 3. The van der Waals surface area contributed by atoms with Crippen LogP contribution in [0.3, 0.4) is 0 Å². The van der Waals surface area contributed by atoms with Gasteiger partial charge in [-0.25, -0.2) is 14.0 Å². The van der Waals surface area contributed by atoms with Gasteiger partial charge in [-0.1, -0.05) is 12.1 Å². The first-order valence-electron chi connectivity index (χ1n) is 9.98. The number of hydrogen-bond donors (Lipinski definition) is 6. The number of halogens is 7. The predicted octanol–water partition coefficient (Wildman–Crippen LogP) is 4.56. The van der Waals surface area contributed by atoms with Gasteiger partial charge in [0.1, 0.15) is 11.5 Å². The molecule has 0 aliphatic carbocycles. The highest BCUT2D eigenvalue weighted by molar-refractivity contribution is 6.00. The minimum atomic E-state index is -5.08. The monoisotopic (exact) mass is 550 g/mol. The van der Waals surface area contributed by atoms with Gasteiger partial charge in [0.15, 0.2) is 0 Å². The lowest BCUT2D eigenvalue weighted by Gasteiger charge is -2.12. The van der Waals surface area contributed by atoms with Gasteiger partial charge in [0.2, 0.25) is 0 Å². The molecule has 3 aromatic rings. The van der Waals surface area contributed by atoms with Crippen LogP contribution in [-0.4, -0.2) is 39.4 Å². The molecule has 0 saturated carbocycles. The maximum atomic E-state index is 13.5. The van der Waals surface area contributed by atoms with Crippen LogP contribution in [0.2, 0.25) is 0 Å². The van der Waals surface area contributed by atoms with Crippen LogP contribution in [0.15, 0.2) is 48.7 Å². The number of carboxylic acid groups (broad SMARTS) is 1. The van der Waals surface area contributed by atoms with E-state index >= 15 is 0 Å². The molecule has 3 amide bonds. The fraction of sp³-hybridized carbons (Fsp3) is 0.143. The molecule has 0 aliphatic heterocycles. The predicted molar refractivity (Wildman–Crippen MR) is 119 cm³/mol. The van der Waals surface area contributed by atoms with E-state index in [1.807, 2.05) is 0 Å². The van der Waals surface area contributed by atoms with E-state index in [4.69, 9.17) is 15.6 Å². The summed E-state index contributed by atoms with van der Waals surface area (Å²) >= 11 is 0. The number of aromatic amines is 1. The number of nitrogens with one attached hydrogen (secondary N) is 4. The summed E-state index contributed by atoms with van der Waals surface area (Å²) in [6, 6.07) is 7.42. The van der Waals surface area contributed by atoms with Crippen LogP contribution in [0.5, 0.6) is 0 Å². The second-order valence-electron chi connectivity index (χ2n) is 7.19. The molecule has 0 saturated heterocycles. The Balaban J connectivity index is 0.000000638. The molecular weight excluding hydrogens is 533 g/mol. The van der Waals surface area contributed by atoms with Gasteiger partial charge >= 0.3 is 24.4 Å². The summed E-state index contributed by atoms with van der Waals surface area (Å²) in [4.78, 5) is 32.3. The molecule has 17 heteroatoms. The van der Waals surface area contributed by atoms with E-state index in [0.717, 1.165) is 6.07 Å². The first-order chi connectivity index (χ1) is 17.6. The van der Waals surface area contributed by atoms with Crippen LogP contribution >= 0.6 is 0 Å². The van der Waals surface area contributed by atoms with E-state index < -0.39 is 41.6 Å². The molecule has 7 N–H and O–H groups in total. The number of H-pyrrole nitrogens is 1. The number of alkyl halides is 6. The van der Waals surface area contributed by atoms with Crippen LogP contribution in [-0.2, 0) is 17.5 Å². The van der Waals surface area contributed by atoms with Crippen LogP contribution in [0, 0.1) is 5.82 Å². The fourth-order valence-corrected chi connectivity index (χ4v) is 2.68. The minimum absolute atomic E-state index is 0.113. The summed E-state index contributed by atoms with van der Waals surface area (Å²) in [6.07, 6.45) is -8.44. The Hall–Kier alpha value is -4.83. The Morgan fingerprint density at radius 1 is 0.974 bits per heavy atom. The van der Waals surface area contributed by atoms with Gasteiger partial charge in [-0.3, -0.25) is 9.89 Å². The summed E-state index contributed by atoms with van der Waals surface area (Å²) in [5, 5.41) is 20.9. The Morgan fingerprint density at radius 3 is 2.18 bits per heavy atom. The van der Waals surface area contributed by atoms with Crippen molar-refractivity contribution in [3.63, 3.8) is 0 Å². The van der Waals surface area contributed by atoms with Crippen molar-refractivity contribution in [3.05, 3.63) is 71.3 Å². The lowest BCUT2D eigenvalue weighted by atomic mass is 10.2. The van der Waals surface area contributed by atoms with Crippen LogP contribution < -0.4 is 21.7 Å². The molecule has 1 aromatic heterocycles. The van der Waals surface area contributed by atoms with Crippen molar-refractivity contribution in [2.75, 3.05) is 16.0 Å². The lowest BCUT2D eigenvalue weighted by Crippen LogP contribution is -2.21. The Labute approximate surface area is 208 Å². The van der Waals surface area contributed by atoms with Gasteiger partial charge in [0.25, 0.3) is 5.91 Å². The number of urea groups is 1. The quantitative estimate of drug-likeness (QED) is 0.247. The highest BCUT2D eigenvalue weighted by Crippen LogP contribution is 2.31. The second kappa shape index (κ2) is 11.9. The molecule has 0 radical (unpaired) electrons. The Bertz CT molecular complexity index is 1310. The summed E-state index contributed by atoms with van der Waals surface area (Å²) in [6.45, 7) is 0.260. The van der Waals surface area contributed by atoms with E-state index in [-0.39, 0.29) is 17.9 Å². The number of nitrogens with two attached hydrogens (primary N) is 1. The van der Waals surface area contributed by atoms with Gasteiger partial charge in [-0.05, 0) is 35.9 Å². The topological polar surface area (TPSA) is 162 Å². The summed E-state index contributed by atoms with van der Waals surface area (Å²) in [5.74, 6) is -4.57. The van der Waals surface area contributed by atoms with Crippen molar-refractivity contribution in [2.24, 2.45) is 5.73 Å². The summed E-state index contributed by atoms with van der Waals surface area (Å²) in [7, 11) is 0. The number of aliphatic carboxylic acids is 1. The molecule has 0 spiro atoms. The molecule has 0 fully saturated rings. The molecular formula is C21H17F7N6O4. The van der Waals surface area contributed by atoms with Crippen LogP contribution in [0.4, 0.5) is 52.6 Å². The highest BCUT2D eigenvalue weighted by Gasteiger charge is 2.38. The second-order valence-corrected chi connectivity index (χ2v) is 7.19. The SMILES string of the molecule is NC(=O)c1[nH]ncc1NCc1cccc(NC(=O)Nc2cc(F)cc(C(F)(F)F)c2)c1.O=C(O)C(F)(F)F. The number of nitrogens with zero attached hydrogens (tertiary/aromatic N) is 1. The lowest BCUT2D eigenvalue weighted by molar-refractivity contribution is -0.192. The number of primary amides is 1. The maximum Gasteiger partial charge on any atom is 0.490 e. The molecule has 0 aliphatic rings. The minimum Gasteiger partial charge on any atom is -0.475 e. The number of benzene rings is 2. The number of amides is 3. The van der Waals surface area contributed by atoms with E-state index in [9.17, 15) is 40.3 Å². The molecule has 38 heavy (non-hydrogen) atoms. The molecule has 10 nitrogen and oxygen atoms in total. The fourth-order valence-electron chi connectivity index (χ4n) is 2.68. The van der Waals surface area contributed by atoms with Gasteiger partial charge in [0.05, 0.1) is 17.4 Å². The zero-order chi connectivity index (χ0) is 28.7. The number of hydrogen-bond acceptors (Lipinski definition) is 5. The van der Waals surface area contributed by atoms with E-state index in [1.165, 1.54) is 6.20 Å². The third-order valence-electron chi connectivity index (χ3n) is 4.28. The Kier molecular flexibility index (Phi) is 9.24. The molecule has 204 valence electrons. The number of carboxylic acids is 1. The number of aromatic nitrogens is 2. The van der Waals surface area contributed by atoms with Crippen molar-refractivity contribution in [1.29, 1.82) is 0 Å². The normalized spacial score (nSPS) is 11.1. The summed E-state index contributed by atoms with van der Waals surface area (Å²) in [5.41, 5.74) is 5.22. The van der Waals surface area contributed by atoms with Crippen LogP contribution in [0.1, 0.15) is 21.6 Å². The number of rotatable bonds is 6. The van der Waals surface area contributed by atoms with E-state index in [1.54, 1.807) is 24.3 Å². The summed E-state index contributed by atoms with van der Waals surface area (Å²) < 4.78 is 83.6. The first kappa shape index (κ1) is 29.4. The largest absolute Gasteiger partial charge is 0.490 e. The molecule has 0 unspecified atom stereocenters. The Morgan fingerprint density at radius 2 is 1.61 bits per heavy atom. The van der Waals surface area contributed by atoms with E-state index in [2.05, 4.69) is 26.1 Å². The average molecular weight is 550 g/mol. The molecule has 3 rings (SSSR count). The van der Waals surface area contributed by atoms with Crippen LogP contribution in [0.25, 0.3) is 0 Å². The third kappa shape index (κ3) is 8.99. The molecule has 2 aromatic carbocycles. The van der Waals surface area contributed by atoms with Gasteiger partial charge in [-0.15, -0.1) is 0 Å². The number of anilines is 3.